The normalized spacial score (nSPS) is 16.1. The minimum Gasteiger partial charge on any atom is -0.477 e. The maximum absolute atomic E-state index is 12.9. The Morgan fingerprint density at radius 1 is 0.951 bits per heavy atom. The van der Waals surface area contributed by atoms with E-state index in [9.17, 15) is 36.1 Å². The van der Waals surface area contributed by atoms with Gasteiger partial charge in [-0.3, -0.25) is 13.9 Å². The number of aliphatic carboxylic acids is 1. The summed E-state index contributed by atoms with van der Waals surface area (Å²) < 4.78 is 65.4. The van der Waals surface area contributed by atoms with Crippen molar-refractivity contribution in [3.8, 4) is 10.6 Å². The molecule has 2 heterocycles. The summed E-state index contributed by atoms with van der Waals surface area (Å²) in [5, 5.41) is 22.4. The Morgan fingerprint density at radius 3 is 2.20 bits per heavy atom. The molecule has 1 aromatic heterocycles. The zero-order valence-electron chi connectivity index (χ0n) is 20.6. The Kier molecular flexibility index (Phi) is 7.00. The first kappa shape index (κ1) is 28.1. The third-order valence-corrected chi connectivity index (χ3v) is 9.05. The molecule has 14 nitrogen and oxygen atoms in total. The number of carbonyl (C=O) groups excluding carboxylic acids is 1. The maximum Gasteiger partial charge on any atom is 0.355 e. The van der Waals surface area contributed by atoms with Crippen molar-refractivity contribution in [2.24, 2.45) is 15.3 Å². The highest BCUT2D eigenvalue weighted by atomic mass is 32.2. The third-order valence-electron chi connectivity index (χ3n) is 5.88. The Morgan fingerprint density at radius 2 is 1.61 bits per heavy atom. The molecule has 5 rings (SSSR count). The second-order valence-corrected chi connectivity index (χ2v) is 12.4. The van der Waals surface area contributed by atoms with Gasteiger partial charge in [0.25, 0.3) is 26.1 Å². The van der Waals surface area contributed by atoms with Gasteiger partial charge in [-0.05, 0) is 67.1 Å². The zero-order valence-corrected chi connectivity index (χ0v) is 23.1. The molecule has 1 unspecified atom stereocenters. The Labute approximate surface area is 235 Å². The first-order valence-corrected chi connectivity index (χ1v) is 15.1. The summed E-state index contributed by atoms with van der Waals surface area (Å²) in [5.74, 6) is -2.35. The van der Waals surface area contributed by atoms with Gasteiger partial charge in [0, 0.05) is 5.56 Å². The lowest BCUT2D eigenvalue weighted by Gasteiger charge is -2.12. The van der Waals surface area contributed by atoms with E-state index in [0.29, 0.717) is 26.4 Å². The number of fused-ring (bicyclic) bond motifs is 1. The maximum atomic E-state index is 12.9. The van der Waals surface area contributed by atoms with Crippen molar-refractivity contribution in [2.75, 3.05) is 5.01 Å². The molecule has 210 valence electrons. The summed E-state index contributed by atoms with van der Waals surface area (Å²) in [6, 6.07) is 12.3. The average molecular weight is 616 g/mol. The molecule has 0 bridgehead atoms. The van der Waals surface area contributed by atoms with Gasteiger partial charge in [-0.2, -0.15) is 37.2 Å². The van der Waals surface area contributed by atoms with Crippen molar-refractivity contribution < 1.29 is 40.6 Å². The van der Waals surface area contributed by atoms with Crippen LogP contribution in [0.4, 0.5) is 11.4 Å². The number of hydrogen-bond acceptors (Lipinski definition) is 11. The van der Waals surface area contributed by atoms with Crippen LogP contribution in [0.5, 0.6) is 0 Å². The number of nitrogens with zero attached hydrogens (tertiary/aromatic N) is 5. The standard InChI is InChI=1S/C24H17N5O9S3/c1-12-2-11-17-20(21(12)41(36,37)38)39-22(25-17)13-3-5-14(6-4-13)26-27-18-19(24(31)32)28-29(23(18)30)15-7-9-16(10-8-15)40(33,34)35/h2-11,18H,1H3,(H,31,32)(H,33,34,35)(H,36,37,38). The number of benzene rings is 3. The predicted octanol–water partition coefficient (Wildman–Crippen LogP) is 3.70. The van der Waals surface area contributed by atoms with Crippen molar-refractivity contribution >= 4 is 70.8 Å². The predicted molar refractivity (Wildman–Crippen MR) is 147 cm³/mol. The number of hydrogen-bond donors (Lipinski definition) is 3. The number of amides is 1. The van der Waals surface area contributed by atoms with Crippen molar-refractivity contribution in [3.05, 3.63) is 66.2 Å². The molecule has 1 aliphatic heterocycles. The van der Waals surface area contributed by atoms with Crippen LogP contribution in [0.2, 0.25) is 0 Å². The van der Waals surface area contributed by atoms with Gasteiger partial charge in [-0.15, -0.1) is 11.3 Å². The number of carboxylic acid groups (broad SMARTS) is 1. The highest BCUT2D eigenvalue weighted by Gasteiger charge is 2.41. The highest BCUT2D eigenvalue weighted by Crippen LogP contribution is 2.36. The van der Waals surface area contributed by atoms with E-state index < -0.39 is 48.8 Å². The number of carboxylic acids is 1. The number of rotatable bonds is 7. The van der Waals surface area contributed by atoms with Gasteiger partial charge in [0.05, 0.1) is 26.5 Å². The minimum atomic E-state index is -4.47. The fourth-order valence-corrected chi connectivity index (χ4v) is 6.76. The molecule has 0 fully saturated rings. The van der Waals surface area contributed by atoms with Gasteiger partial charge in [0.15, 0.2) is 5.71 Å². The number of aromatic nitrogens is 1. The van der Waals surface area contributed by atoms with E-state index in [1.807, 2.05) is 0 Å². The summed E-state index contributed by atoms with van der Waals surface area (Å²) >= 11 is 1.08. The van der Waals surface area contributed by atoms with Crippen LogP contribution in [-0.4, -0.2) is 59.7 Å². The Bertz CT molecular complexity index is 2000. The average Bonchev–Trinajstić information content (AvgIpc) is 3.47. The second-order valence-electron chi connectivity index (χ2n) is 8.63. The van der Waals surface area contributed by atoms with Gasteiger partial charge < -0.3 is 5.11 Å². The molecule has 41 heavy (non-hydrogen) atoms. The third kappa shape index (κ3) is 5.48. The van der Waals surface area contributed by atoms with Crippen molar-refractivity contribution in [2.45, 2.75) is 22.8 Å². The largest absolute Gasteiger partial charge is 0.477 e. The van der Waals surface area contributed by atoms with Crippen LogP contribution in [-0.2, 0) is 29.8 Å². The molecule has 1 aliphatic rings. The van der Waals surface area contributed by atoms with E-state index in [-0.39, 0.29) is 16.3 Å². The van der Waals surface area contributed by atoms with Crippen LogP contribution < -0.4 is 5.01 Å². The Hall–Kier alpha value is -4.42. The van der Waals surface area contributed by atoms with Gasteiger partial charge in [0.1, 0.15) is 9.90 Å². The summed E-state index contributed by atoms with van der Waals surface area (Å²) in [5.41, 5.74) is 1.08. The van der Waals surface area contributed by atoms with Crippen molar-refractivity contribution in [3.63, 3.8) is 0 Å². The molecular formula is C24H17N5O9S3. The van der Waals surface area contributed by atoms with Crippen LogP contribution in [0.3, 0.4) is 0 Å². The van der Waals surface area contributed by atoms with E-state index in [2.05, 4.69) is 20.3 Å². The lowest BCUT2D eigenvalue weighted by Crippen LogP contribution is -2.33. The molecule has 0 saturated carbocycles. The molecule has 0 aliphatic carbocycles. The quantitative estimate of drug-likeness (QED) is 0.202. The molecule has 4 aromatic rings. The van der Waals surface area contributed by atoms with Crippen LogP contribution in [0, 0.1) is 6.92 Å². The van der Waals surface area contributed by atoms with Crippen molar-refractivity contribution in [1.29, 1.82) is 0 Å². The van der Waals surface area contributed by atoms with Gasteiger partial charge in [-0.25, -0.2) is 9.78 Å². The monoisotopic (exact) mass is 615 g/mol. The molecular weight excluding hydrogens is 598 g/mol. The zero-order chi connectivity index (χ0) is 29.7. The molecule has 3 N–H and O–H groups in total. The summed E-state index contributed by atoms with van der Waals surface area (Å²) in [6.45, 7) is 1.57. The lowest BCUT2D eigenvalue weighted by molar-refractivity contribution is -0.130. The minimum absolute atomic E-state index is 0.0476. The van der Waals surface area contributed by atoms with Gasteiger partial charge in [0.2, 0.25) is 6.04 Å². The number of carbonyl (C=O) groups is 2. The van der Waals surface area contributed by atoms with E-state index in [4.69, 9.17) is 4.55 Å². The SMILES string of the molecule is Cc1ccc2nc(-c3ccc(N=NC4C(=O)N(c5ccc(S(=O)(=O)O)cc5)N=C4C(=O)O)cc3)sc2c1S(=O)(=O)O. The fraction of sp³-hybridized carbons (Fsp3) is 0.0833. The molecule has 0 radical (unpaired) electrons. The molecule has 3 aromatic carbocycles. The second kappa shape index (κ2) is 10.2. The van der Waals surface area contributed by atoms with E-state index in [1.165, 1.54) is 24.3 Å². The number of hydrazone groups is 1. The molecule has 0 saturated heterocycles. The van der Waals surface area contributed by atoms with Crippen LogP contribution >= 0.6 is 11.3 Å². The summed E-state index contributed by atoms with van der Waals surface area (Å²) in [7, 11) is -8.94. The van der Waals surface area contributed by atoms with E-state index in [0.717, 1.165) is 28.5 Å². The molecule has 1 atom stereocenters. The number of aryl methyl sites for hydroxylation is 1. The number of anilines is 1. The first-order chi connectivity index (χ1) is 19.2. The summed E-state index contributed by atoms with van der Waals surface area (Å²) in [4.78, 5) is 28.5. The molecule has 0 spiro atoms. The fourth-order valence-electron chi connectivity index (χ4n) is 3.96. The summed E-state index contributed by atoms with van der Waals surface area (Å²) in [6.07, 6.45) is 0. The highest BCUT2D eigenvalue weighted by molar-refractivity contribution is 7.86. The van der Waals surface area contributed by atoms with Gasteiger partial charge in [-0.1, -0.05) is 6.07 Å². The topological polar surface area (TPSA) is 216 Å². The smallest absolute Gasteiger partial charge is 0.355 e. The Balaban J connectivity index is 1.39. The first-order valence-electron chi connectivity index (χ1n) is 11.4. The van der Waals surface area contributed by atoms with E-state index >= 15 is 0 Å². The van der Waals surface area contributed by atoms with E-state index in [1.54, 1.807) is 31.2 Å². The van der Waals surface area contributed by atoms with Crippen LogP contribution in [0.15, 0.2) is 85.8 Å². The van der Waals surface area contributed by atoms with Gasteiger partial charge >= 0.3 is 5.97 Å². The molecule has 1 amide bonds. The number of azo groups is 1. The lowest BCUT2D eigenvalue weighted by atomic mass is 10.2. The molecule has 17 heteroatoms. The van der Waals surface area contributed by atoms with Crippen LogP contribution in [0.25, 0.3) is 20.8 Å². The van der Waals surface area contributed by atoms with Crippen LogP contribution in [0.1, 0.15) is 5.56 Å². The van der Waals surface area contributed by atoms with Crippen molar-refractivity contribution in [1.82, 2.24) is 4.98 Å². The number of thiazole rings is 1.